The summed E-state index contributed by atoms with van der Waals surface area (Å²) in [5, 5.41) is 0. The molecule has 0 radical (unpaired) electrons. The monoisotopic (exact) mass is 311 g/mol. The van der Waals surface area contributed by atoms with Gasteiger partial charge in [0.1, 0.15) is 6.29 Å². The quantitative estimate of drug-likeness (QED) is 0.693. The van der Waals surface area contributed by atoms with Crippen LogP contribution in [-0.2, 0) is 0 Å². The number of fused-ring (bicyclic) bond motifs is 2. The van der Waals surface area contributed by atoms with Crippen LogP contribution in [0.15, 0.2) is 40.1 Å². The second kappa shape index (κ2) is 6.17. The van der Waals surface area contributed by atoms with Gasteiger partial charge in [0.2, 0.25) is 0 Å². The number of aldehydes is 1. The molecule has 1 aliphatic heterocycles. The normalized spacial score (nSPS) is 12.8. The molecule has 1 heterocycles. The van der Waals surface area contributed by atoms with Crippen LogP contribution in [0.2, 0.25) is 0 Å². The maximum Gasteiger partial charge on any atom is 0.150 e. The lowest BCUT2D eigenvalue weighted by molar-refractivity contribution is 0.112. The molecule has 0 aliphatic carbocycles. The van der Waals surface area contributed by atoms with Crippen molar-refractivity contribution in [2.75, 3.05) is 11.4 Å². The Bertz CT molecular complexity index is 724. The Hall–Kier alpha value is -1.74. The molecular weight excluding hydrogens is 290 g/mol. The van der Waals surface area contributed by atoms with E-state index in [4.69, 9.17) is 0 Å². The van der Waals surface area contributed by atoms with Crippen LogP contribution in [0, 0.1) is 13.8 Å². The largest absolute Gasteiger partial charge is 0.340 e. The number of hydrogen-bond donors (Lipinski definition) is 0. The third-order valence-corrected chi connectivity index (χ3v) is 5.34. The highest BCUT2D eigenvalue weighted by Gasteiger charge is 2.24. The lowest BCUT2D eigenvalue weighted by atomic mass is 10.1. The maximum atomic E-state index is 11.1. The van der Waals surface area contributed by atoms with Gasteiger partial charge in [0.15, 0.2) is 0 Å². The third kappa shape index (κ3) is 2.66. The van der Waals surface area contributed by atoms with E-state index in [1.165, 1.54) is 32.3 Å². The highest BCUT2D eigenvalue weighted by Crippen LogP contribution is 2.49. The first kappa shape index (κ1) is 15.2. The van der Waals surface area contributed by atoms with Gasteiger partial charge >= 0.3 is 0 Å². The van der Waals surface area contributed by atoms with Crippen LogP contribution in [0.3, 0.4) is 0 Å². The number of rotatable bonds is 4. The molecule has 0 saturated heterocycles. The van der Waals surface area contributed by atoms with Crippen molar-refractivity contribution in [3.8, 4) is 0 Å². The fourth-order valence-electron chi connectivity index (χ4n) is 2.78. The molecule has 2 aromatic carbocycles. The van der Waals surface area contributed by atoms with Crippen LogP contribution in [0.4, 0.5) is 11.4 Å². The first-order valence-corrected chi connectivity index (χ1v) is 8.61. The Kier molecular flexibility index (Phi) is 4.25. The molecule has 0 fully saturated rings. The van der Waals surface area contributed by atoms with E-state index in [0.717, 1.165) is 31.2 Å². The summed E-state index contributed by atoms with van der Waals surface area (Å²) in [6, 6.07) is 10.6. The van der Waals surface area contributed by atoms with E-state index >= 15 is 0 Å². The molecule has 0 aromatic heterocycles. The molecule has 114 valence electrons. The van der Waals surface area contributed by atoms with Crippen LogP contribution in [0.1, 0.15) is 41.3 Å². The first-order chi connectivity index (χ1) is 10.6. The lowest BCUT2D eigenvalue weighted by Crippen LogP contribution is -2.22. The molecule has 0 bridgehead atoms. The van der Waals surface area contributed by atoms with Gasteiger partial charge in [-0.05, 0) is 55.7 Å². The van der Waals surface area contributed by atoms with Crippen LogP contribution < -0.4 is 4.90 Å². The molecule has 3 heteroatoms. The topological polar surface area (TPSA) is 20.3 Å². The van der Waals surface area contributed by atoms with Crippen molar-refractivity contribution in [2.45, 2.75) is 43.4 Å². The maximum absolute atomic E-state index is 11.1. The zero-order valence-corrected chi connectivity index (χ0v) is 14.2. The van der Waals surface area contributed by atoms with E-state index in [0.29, 0.717) is 0 Å². The van der Waals surface area contributed by atoms with Gasteiger partial charge in [-0.2, -0.15) is 0 Å². The van der Waals surface area contributed by atoms with Crippen molar-refractivity contribution in [1.29, 1.82) is 0 Å². The van der Waals surface area contributed by atoms with Gasteiger partial charge in [0.25, 0.3) is 0 Å². The molecule has 0 spiro atoms. The van der Waals surface area contributed by atoms with Crippen LogP contribution in [0.25, 0.3) is 0 Å². The van der Waals surface area contributed by atoms with E-state index < -0.39 is 0 Å². The van der Waals surface area contributed by atoms with Gasteiger partial charge in [0, 0.05) is 21.9 Å². The first-order valence-electron chi connectivity index (χ1n) is 7.80. The summed E-state index contributed by atoms with van der Waals surface area (Å²) >= 11 is 1.80. The minimum Gasteiger partial charge on any atom is -0.340 e. The summed E-state index contributed by atoms with van der Waals surface area (Å²) in [6.07, 6.45) is 3.23. The van der Waals surface area contributed by atoms with Gasteiger partial charge in [-0.25, -0.2) is 0 Å². The zero-order valence-electron chi connectivity index (χ0n) is 13.3. The minimum absolute atomic E-state index is 0.744. The zero-order chi connectivity index (χ0) is 15.7. The van der Waals surface area contributed by atoms with Crippen molar-refractivity contribution in [2.24, 2.45) is 0 Å². The molecule has 0 unspecified atom stereocenters. The van der Waals surface area contributed by atoms with Crippen LogP contribution >= 0.6 is 11.8 Å². The lowest BCUT2D eigenvalue weighted by Gasteiger charge is -2.33. The third-order valence-electron chi connectivity index (χ3n) is 4.23. The highest BCUT2D eigenvalue weighted by atomic mass is 32.2. The number of carbonyl (C=O) groups is 1. The molecule has 3 rings (SSSR count). The number of hydrogen-bond acceptors (Lipinski definition) is 3. The molecule has 0 N–H and O–H groups in total. The smallest absolute Gasteiger partial charge is 0.150 e. The molecule has 22 heavy (non-hydrogen) atoms. The summed E-state index contributed by atoms with van der Waals surface area (Å²) in [7, 11) is 0. The van der Waals surface area contributed by atoms with Crippen molar-refractivity contribution < 1.29 is 4.79 Å². The summed E-state index contributed by atoms with van der Waals surface area (Å²) in [4.78, 5) is 16.1. The number of carbonyl (C=O) groups excluding carboxylic acids is 1. The Morgan fingerprint density at radius 2 is 1.77 bits per heavy atom. The average molecular weight is 311 g/mol. The minimum atomic E-state index is 0.744. The molecule has 2 nitrogen and oxygen atoms in total. The van der Waals surface area contributed by atoms with Gasteiger partial charge in [0.05, 0.1) is 11.4 Å². The van der Waals surface area contributed by atoms with E-state index in [-0.39, 0.29) is 0 Å². The van der Waals surface area contributed by atoms with Crippen LogP contribution in [-0.4, -0.2) is 12.8 Å². The Balaban J connectivity index is 2.13. The van der Waals surface area contributed by atoms with E-state index in [9.17, 15) is 4.79 Å². The molecule has 1 aliphatic rings. The van der Waals surface area contributed by atoms with Crippen LogP contribution in [0.5, 0.6) is 0 Å². The number of nitrogens with zero attached hydrogens (tertiary/aromatic N) is 1. The SMILES string of the molecule is CCCCN1c2cc(C=O)ccc2Sc2cc(C)c(C)cc21. The van der Waals surface area contributed by atoms with E-state index in [1.807, 2.05) is 12.1 Å². The number of aryl methyl sites for hydroxylation is 2. The Morgan fingerprint density at radius 1 is 1.05 bits per heavy atom. The Labute approximate surface area is 136 Å². The van der Waals surface area contributed by atoms with Crippen molar-refractivity contribution in [1.82, 2.24) is 0 Å². The average Bonchev–Trinajstić information content (AvgIpc) is 2.52. The summed E-state index contributed by atoms with van der Waals surface area (Å²) < 4.78 is 0. The van der Waals surface area contributed by atoms with E-state index in [1.54, 1.807) is 11.8 Å². The van der Waals surface area contributed by atoms with Crippen molar-refractivity contribution in [3.63, 3.8) is 0 Å². The molecular formula is C19H21NOS. The fourth-order valence-corrected chi connectivity index (χ4v) is 3.93. The predicted octanol–water partition coefficient (Wildman–Crippen LogP) is 5.52. The van der Waals surface area contributed by atoms with Gasteiger partial charge in [-0.1, -0.05) is 31.2 Å². The standard InChI is InChI=1S/C19H21NOS/c1-4-5-8-20-16-9-13(2)14(3)10-19(16)22-18-7-6-15(12-21)11-17(18)20/h6-7,9-12H,4-5,8H2,1-3H3. The number of benzene rings is 2. The van der Waals surface area contributed by atoms with Gasteiger partial charge in [-0.3, -0.25) is 4.79 Å². The Morgan fingerprint density at radius 3 is 2.50 bits per heavy atom. The predicted molar refractivity (Wildman–Crippen MR) is 93.8 cm³/mol. The fraction of sp³-hybridized carbons (Fsp3) is 0.316. The van der Waals surface area contributed by atoms with Gasteiger partial charge in [-0.15, -0.1) is 0 Å². The molecule has 0 amide bonds. The summed E-state index contributed by atoms with van der Waals surface area (Å²) in [6.45, 7) is 7.53. The van der Waals surface area contributed by atoms with Gasteiger partial charge < -0.3 is 4.90 Å². The molecule has 0 atom stereocenters. The molecule has 2 aromatic rings. The highest BCUT2D eigenvalue weighted by molar-refractivity contribution is 7.99. The van der Waals surface area contributed by atoms with Crippen molar-refractivity contribution >= 4 is 29.4 Å². The summed E-state index contributed by atoms with van der Waals surface area (Å²) in [5.74, 6) is 0. The number of anilines is 2. The van der Waals surface area contributed by atoms with Crippen molar-refractivity contribution in [3.05, 3.63) is 47.0 Å². The second-order valence-electron chi connectivity index (χ2n) is 5.86. The second-order valence-corrected chi connectivity index (χ2v) is 6.94. The number of unbranched alkanes of at least 4 members (excludes halogenated alkanes) is 1. The summed E-state index contributed by atoms with van der Waals surface area (Å²) in [5.41, 5.74) is 5.83. The molecule has 0 saturated carbocycles. The van der Waals surface area contributed by atoms with E-state index in [2.05, 4.69) is 43.9 Å².